The molecule has 2 amide bonds. The molecular formula is C23H29N3O4. The third kappa shape index (κ3) is 3.50. The molecule has 5 rings (SSSR count). The van der Waals surface area contributed by atoms with Crippen molar-refractivity contribution in [1.29, 1.82) is 0 Å². The van der Waals surface area contributed by atoms with Crippen molar-refractivity contribution >= 4 is 11.8 Å². The van der Waals surface area contributed by atoms with Gasteiger partial charge in [0.15, 0.2) is 0 Å². The first kappa shape index (κ1) is 19.6. The second-order valence-electron chi connectivity index (χ2n) is 8.99. The third-order valence-electron chi connectivity index (χ3n) is 6.98. The largest absolute Gasteiger partial charge is 0.489 e. The Labute approximate surface area is 176 Å². The summed E-state index contributed by atoms with van der Waals surface area (Å²) >= 11 is 0. The number of hydrogen-bond donors (Lipinski definition) is 2. The first-order chi connectivity index (χ1) is 14.5. The van der Waals surface area contributed by atoms with Gasteiger partial charge in [-0.1, -0.05) is 6.58 Å². The fraction of sp³-hybridized carbons (Fsp3) is 0.565. The first-order valence-electron chi connectivity index (χ1n) is 11.0. The van der Waals surface area contributed by atoms with Gasteiger partial charge in [-0.3, -0.25) is 14.5 Å². The van der Waals surface area contributed by atoms with Crippen molar-refractivity contribution in [2.24, 2.45) is 0 Å². The van der Waals surface area contributed by atoms with E-state index in [1.807, 2.05) is 18.2 Å². The molecular weight excluding hydrogens is 382 g/mol. The van der Waals surface area contributed by atoms with Crippen molar-refractivity contribution in [3.8, 4) is 5.75 Å². The van der Waals surface area contributed by atoms with Crippen LogP contribution in [0.2, 0.25) is 0 Å². The van der Waals surface area contributed by atoms with Crippen molar-refractivity contribution in [2.75, 3.05) is 13.1 Å². The average molecular weight is 412 g/mol. The molecule has 1 aromatic rings. The second-order valence-corrected chi connectivity index (χ2v) is 8.99. The number of nitrogens with zero attached hydrogens (tertiary/aromatic N) is 2. The molecule has 2 saturated heterocycles. The van der Waals surface area contributed by atoms with Crippen LogP contribution < -0.4 is 10.1 Å². The van der Waals surface area contributed by atoms with E-state index in [0.717, 1.165) is 50.1 Å². The number of β-amino-alcohol motifs (C(OH)–C–C–N with tert-alkyl or cyclic N) is 1. The molecule has 30 heavy (non-hydrogen) atoms. The van der Waals surface area contributed by atoms with Crippen LogP contribution in [0.3, 0.4) is 0 Å². The summed E-state index contributed by atoms with van der Waals surface area (Å²) in [4.78, 5) is 29.3. The normalized spacial score (nSPS) is 31.9. The molecule has 0 aromatic heterocycles. The molecule has 0 radical (unpaired) electrons. The van der Waals surface area contributed by atoms with Crippen molar-refractivity contribution in [3.05, 3.63) is 41.6 Å². The minimum absolute atomic E-state index is 0.0889. The highest BCUT2D eigenvalue weighted by atomic mass is 16.5. The highest BCUT2D eigenvalue weighted by molar-refractivity contribution is 6.01. The number of allylic oxidation sites excluding steroid dienone is 1. The van der Waals surface area contributed by atoms with Crippen LogP contribution in [0, 0.1) is 0 Å². The van der Waals surface area contributed by atoms with E-state index < -0.39 is 6.04 Å². The van der Waals surface area contributed by atoms with Gasteiger partial charge in [-0.15, -0.1) is 0 Å². The molecule has 160 valence electrons. The predicted octanol–water partition coefficient (Wildman–Crippen LogP) is 1.80. The van der Waals surface area contributed by atoms with E-state index in [2.05, 4.69) is 16.8 Å². The first-order valence-corrected chi connectivity index (χ1v) is 11.0. The summed E-state index contributed by atoms with van der Waals surface area (Å²) in [5.41, 5.74) is 2.29. The van der Waals surface area contributed by atoms with Crippen LogP contribution in [0.15, 0.2) is 30.5 Å². The van der Waals surface area contributed by atoms with Crippen LogP contribution in [-0.4, -0.2) is 64.1 Å². The number of rotatable bonds is 4. The molecule has 4 aliphatic rings. The quantitative estimate of drug-likeness (QED) is 0.790. The fourth-order valence-electron chi connectivity index (χ4n) is 5.41. The Morgan fingerprint density at radius 1 is 1.17 bits per heavy atom. The SMILES string of the molecule is C=C1CCC(N2Cc3cc(O[C@H]4CCC[C@@H]4N4CCC(O)C4)ccc3C2=O)C(=O)N1. The topological polar surface area (TPSA) is 82.1 Å². The summed E-state index contributed by atoms with van der Waals surface area (Å²) in [6, 6.07) is 5.56. The summed E-state index contributed by atoms with van der Waals surface area (Å²) < 4.78 is 6.37. The molecule has 3 fully saturated rings. The molecule has 3 aliphatic heterocycles. The maximum atomic E-state index is 12.9. The van der Waals surface area contributed by atoms with Crippen LogP contribution in [0.25, 0.3) is 0 Å². The predicted molar refractivity (Wildman–Crippen MR) is 111 cm³/mol. The zero-order chi connectivity index (χ0) is 20.8. The Hall–Kier alpha value is -2.38. The van der Waals surface area contributed by atoms with Gasteiger partial charge in [-0.2, -0.15) is 0 Å². The molecule has 2 unspecified atom stereocenters. The maximum Gasteiger partial charge on any atom is 0.255 e. The smallest absolute Gasteiger partial charge is 0.255 e. The number of hydrogen-bond acceptors (Lipinski definition) is 5. The van der Waals surface area contributed by atoms with Gasteiger partial charge in [0.1, 0.15) is 17.9 Å². The van der Waals surface area contributed by atoms with E-state index in [4.69, 9.17) is 4.74 Å². The molecule has 1 saturated carbocycles. The highest BCUT2D eigenvalue weighted by Crippen LogP contribution is 2.34. The van der Waals surface area contributed by atoms with E-state index in [9.17, 15) is 14.7 Å². The van der Waals surface area contributed by atoms with Crippen LogP contribution in [0.4, 0.5) is 0 Å². The summed E-state index contributed by atoms with van der Waals surface area (Å²) in [6.45, 7) is 5.90. The van der Waals surface area contributed by atoms with Crippen LogP contribution in [0.5, 0.6) is 5.75 Å². The third-order valence-corrected chi connectivity index (χ3v) is 6.98. The Morgan fingerprint density at radius 3 is 2.80 bits per heavy atom. The van der Waals surface area contributed by atoms with E-state index >= 15 is 0 Å². The summed E-state index contributed by atoms with van der Waals surface area (Å²) in [5, 5.41) is 12.7. The number of aliphatic hydroxyl groups excluding tert-OH is 1. The number of piperidine rings is 1. The van der Waals surface area contributed by atoms with E-state index in [0.29, 0.717) is 36.7 Å². The van der Waals surface area contributed by atoms with Gasteiger partial charge in [0.25, 0.3) is 5.91 Å². The lowest BCUT2D eigenvalue weighted by Gasteiger charge is -2.30. The number of carbonyl (C=O) groups excluding carboxylic acids is 2. The molecule has 1 aliphatic carbocycles. The molecule has 0 bridgehead atoms. The highest BCUT2D eigenvalue weighted by Gasteiger charge is 2.39. The summed E-state index contributed by atoms with van der Waals surface area (Å²) in [6.07, 6.45) is 5.25. The molecule has 2 N–H and O–H groups in total. The van der Waals surface area contributed by atoms with Crippen molar-refractivity contribution in [2.45, 2.75) is 69.4 Å². The van der Waals surface area contributed by atoms with Crippen LogP contribution >= 0.6 is 0 Å². The second kappa shape index (κ2) is 7.71. The Bertz CT molecular complexity index is 885. The van der Waals surface area contributed by atoms with Gasteiger partial charge < -0.3 is 20.1 Å². The molecule has 7 heteroatoms. The standard InChI is InChI=1S/C23H29N3O4/c1-14-5-8-20(22(28)24-14)26-12-15-11-17(6-7-18(15)23(26)29)30-21-4-2-3-19(21)25-10-9-16(27)13-25/h6-7,11,16,19-21,27H,1-5,8-10,12-13H2,(H,24,28)/t16?,19-,20?,21-/m0/s1. The van der Waals surface area contributed by atoms with Crippen LogP contribution in [0.1, 0.15) is 54.4 Å². The lowest BCUT2D eigenvalue weighted by atomic mass is 10.0. The Kier molecular flexibility index (Phi) is 5.03. The van der Waals surface area contributed by atoms with Crippen LogP contribution in [-0.2, 0) is 11.3 Å². The number of ether oxygens (including phenoxy) is 1. The maximum absolute atomic E-state index is 12.9. The summed E-state index contributed by atoms with van der Waals surface area (Å²) in [5.74, 6) is 0.543. The minimum Gasteiger partial charge on any atom is -0.489 e. The number of aliphatic hydroxyl groups is 1. The Morgan fingerprint density at radius 2 is 2.03 bits per heavy atom. The molecule has 3 heterocycles. The zero-order valence-electron chi connectivity index (χ0n) is 17.2. The molecule has 7 nitrogen and oxygen atoms in total. The molecule has 4 atom stereocenters. The fourth-order valence-corrected chi connectivity index (χ4v) is 5.41. The van der Waals surface area contributed by atoms with E-state index in [-0.39, 0.29) is 24.0 Å². The number of amides is 2. The van der Waals surface area contributed by atoms with Gasteiger partial charge in [0.05, 0.1) is 6.10 Å². The van der Waals surface area contributed by atoms with Crippen molar-refractivity contribution < 1.29 is 19.4 Å². The van der Waals surface area contributed by atoms with Gasteiger partial charge in [-0.25, -0.2) is 0 Å². The van der Waals surface area contributed by atoms with Crippen molar-refractivity contribution in [1.82, 2.24) is 15.1 Å². The van der Waals surface area contributed by atoms with Gasteiger partial charge in [0, 0.05) is 36.9 Å². The molecule has 1 aromatic carbocycles. The van der Waals surface area contributed by atoms with Gasteiger partial charge >= 0.3 is 0 Å². The summed E-state index contributed by atoms with van der Waals surface area (Å²) in [7, 11) is 0. The zero-order valence-corrected chi connectivity index (χ0v) is 17.2. The van der Waals surface area contributed by atoms with E-state index in [1.54, 1.807) is 4.90 Å². The monoisotopic (exact) mass is 411 g/mol. The lowest BCUT2D eigenvalue weighted by Crippen LogP contribution is -2.49. The number of likely N-dealkylation sites (tertiary alicyclic amines) is 1. The van der Waals surface area contributed by atoms with Gasteiger partial charge in [0.2, 0.25) is 5.91 Å². The average Bonchev–Trinajstić information content (AvgIpc) is 3.41. The number of benzene rings is 1. The number of carbonyl (C=O) groups is 2. The lowest BCUT2D eigenvalue weighted by molar-refractivity contribution is -0.126. The number of nitrogens with one attached hydrogen (secondary N) is 1. The van der Waals surface area contributed by atoms with Crippen molar-refractivity contribution in [3.63, 3.8) is 0 Å². The van der Waals surface area contributed by atoms with Gasteiger partial charge in [-0.05, 0) is 62.3 Å². The Balaban J connectivity index is 1.29. The number of fused-ring (bicyclic) bond motifs is 1. The molecule has 0 spiro atoms. The van der Waals surface area contributed by atoms with E-state index in [1.165, 1.54) is 0 Å². The minimum atomic E-state index is -0.444.